The summed E-state index contributed by atoms with van der Waals surface area (Å²) in [5, 5.41) is 9.85. The van der Waals surface area contributed by atoms with E-state index in [2.05, 4.69) is 0 Å². The van der Waals surface area contributed by atoms with E-state index in [0.29, 0.717) is 10.9 Å². The molecule has 2 aromatic carbocycles. The lowest BCUT2D eigenvalue weighted by molar-refractivity contribution is 0.0468. The van der Waals surface area contributed by atoms with Crippen LogP contribution in [0.2, 0.25) is 5.02 Å². The first-order valence-corrected chi connectivity index (χ1v) is 7.20. The van der Waals surface area contributed by atoms with Crippen molar-refractivity contribution in [1.82, 2.24) is 0 Å². The molecule has 122 valence electrons. The zero-order chi connectivity index (χ0) is 17.3. The summed E-state index contributed by atoms with van der Waals surface area (Å²) in [7, 11) is 0. The van der Waals surface area contributed by atoms with Crippen LogP contribution in [0, 0.1) is 5.82 Å². The van der Waals surface area contributed by atoms with E-state index in [1.165, 1.54) is 30.3 Å². The van der Waals surface area contributed by atoms with E-state index in [-0.39, 0.29) is 28.5 Å². The third-order valence-electron chi connectivity index (χ3n) is 3.34. The lowest BCUT2D eigenvalue weighted by Gasteiger charge is -2.09. The van der Waals surface area contributed by atoms with Crippen molar-refractivity contribution in [2.45, 2.75) is 6.61 Å². The van der Waals surface area contributed by atoms with Crippen molar-refractivity contribution in [3.63, 3.8) is 0 Å². The maximum absolute atomic E-state index is 13.7. The summed E-state index contributed by atoms with van der Waals surface area (Å²) in [5.74, 6) is -1.81. The third-order valence-corrected chi connectivity index (χ3v) is 3.65. The van der Waals surface area contributed by atoms with Gasteiger partial charge in [-0.3, -0.25) is 0 Å². The fourth-order valence-corrected chi connectivity index (χ4v) is 2.49. The van der Waals surface area contributed by atoms with Crippen molar-refractivity contribution in [2.24, 2.45) is 0 Å². The fourth-order valence-electron chi connectivity index (χ4n) is 2.25. The minimum Gasteiger partial charge on any atom is -0.508 e. The zero-order valence-electron chi connectivity index (χ0n) is 12.1. The van der Waals surface area contributed by atoms with Crippen LogP contribution in [0.5, 0.6) is 5.75 Å². The van der Waals surface area contributed by atoms with E-state index in [1.54, 1.807) is 0 Å². The van der Waals surface area contributed by atoms with Gasteiger partial charge in [0.05, 0.1) is 5.02 Å². The van der Waals surface area contributed by atoms with Crippen LogP contribution in [0.25, 0.3) is 11.0 Å². The van der Waals surface area contributed by atoms with Crippen LogP contribution in [0.15, 0.2) is 51.7 Å². The molecule has 1 aromatic heterocycles. The maximum atomic E-state index is 13.7. The molecule has 0 spiro atoms. The van der Waals surface area contributed by atoms with Crippen LogP contribution in [-0.4, -0.2) is 11.1 Å². The Kier molecular flexibility index (Phi) is 4.22. The van der Waals surface area contributed by atoms with Gasteiger partial charge >= 0.3 is 11.6 Å². The van der Waals surface area contributed by atoms with Gasteiger partial charge in [0.15, 0.2) is 0 Å². The third kappa shape index (κ3) is 3.09. The molecule has 0 aliphatic rings. The number of phenolic OH excluding ortho intramolecular Hbond substituents is 1. The monoisotopic (exact) mass is 348 g/mol. The average Bonchev–Trinajstić information content (AvgIpc) is 2.51. The van der Waals surface area contributed by atoms with Crippen LogP contribution < -0.4 is 5.63 Å². The van der Waals surface area contributed by atoms with Crippen LogP contribution in [0.1, 0.15) is 15.9 Å². The van der Waals surface area contributed by atoms with Gasteiger partial charge in [0.25, 0.3) is 0 Å². The van der Waals surface area contributed by atoms with Crippen LogP contribution in [0.4, 0.5) is 4.39 Å². The van der Waals surface area contributed by atoms with Gasteiger partial charge in [-0.05, 0) is 24.3 Å². The molecule has 0 aliphatic carbocycles. The zero-order valence-corrected chi connectivity index (χ0v) is 12.8. The Hall–Kier alpha value is -2.86. The highest BCUT2D eigenvalue weighted by atomic mass is 35.5. The first kappa shape index (κ1) is 16.0. The highest BCUT2D eigenvalue weighted by Crippen LogP contribution is 2.24. The van der Waals surface area contributed by atoms with Crippen molar-refractivity contribution < 1.29 is 23.4 Å². The summed E-state index contributed by atoms with van der Waals surface area (Å²) < 4.78 is 23.7. The second-order valence-electron chi connectivity index (χ2n) is 4.94. The number of rotatable bonds is 3. The predicted molar refractivity (Wildman–Crippen MR) is 84.7 cm³/mol. The standard InChI is InChI=1S/C17H10ClFO5/c18-12-2-1-3-13(19)16(12)17(22)23-8-9-6-15(21)24-14-7-10(20)4-5-11(9)14/h1-7,20H,8H2. The van der Waals surface area contributed by atoms with E-state index < -0.39 is 17.4 Å². The molecule has 1 heterocycles. The average molecular weight is 349 g/mol. The van der Waals surface area contributed by atoms with Gasteiger partial charge in [-0.2, -0.15) is 0 Å². The summed E-state index contributed by atoms with van der Waals surface area (Å²) >= 11 is 5.81. The molecule has 0 fully saturated rings. The lowest BCUT2D eigenvalue weighted by atomic mass is 10.1. The number of hydrogen-bond acceptors (Lipinski definition) is 5. The first-order chi connectivity index (χ1) is 11.5. The number of benzene rings is 2. The number of carbonyl (C=O) groups is 1. The molecule has 24 heavy (non-hydrogen) atoms. The van der Waals surface area contributed by atoms with Gasteiger partial charge in [0, 0.05) is 23.1 Å². The second kappa shape index (κ2) is 6.33. The highest BCUT2D eigenvalue weighted by molar-refractivity contribution is 6.33. The predicted octanol–water partition coefficient (Wildman–Crippen LogP) is 3.65. The summed E-state index contributed by atoms with van der Waals surface area (Å²) in [6.07, 6.45) is 0. The molecule has 7 heteroatoms. The maximum Gasteiger partial charge on any atom is 0.342 e. The molecule has 0 amide bonds. The van der Waals surface area contributed by atoms with E-state index in [9.17, 15) is 19.1 Å². The molecule has 0 radical (unpaired) electrons. The second-order valence-corrected chi connectivity index (χ2v) is 5.35. The number of phenols is 1. The van der Waals surface area contributed by atoms with Gasteiger partial charge in [-0.25, -0.2) is 14.0 Å². The molecule has 0 saturated heterocycles. The number of ether oxygens (including phenoxy) is 1. The quantitative estimate of drug-likeness (QED) is 0.577. The number of halogens is 2. The number of esters is 1. The Morgan fingerprint density at radius 1 is 1.25 bits per heavy atom. The smallest absolute Gasteiger partial charge is 0.342 e. The minimum atomic E-state index is -0.946. The van der Waals surface area contributed by atoms with Gasteiger partial charge in [-0.15, -0.1) is 0 Å². The van der Waals surface area contributed by atoms with Crippen LogP contribution in [0.3, 0.4) is 0 Å². The van der Waals surface area contributed by atoms with Crippen molar-refractivity contribution in [2.75, 3.05) is 0 Å². The molecule has 0 aliphatic heterocycles. The van der Waals surface area contributed by atoms with Crippen LogP contribution in [-0.2, 0) is 11.3 Å². The molecule has 3 aromatic rings. The molecule has 0 atom stereocenters. The lowest BCUT2D eigenvalue weighted by Crippen LogP contribution is -2.10. The Balaban J connectivity index is 1.91. The molecule has 1 N–H and O–H groups in total. The molecular formula is C17H10ClFO5. The van der Waals surface area contributed by atoms with Crippen molar-refractivity contribution in [3.05, 3.63) is 74.9 Å². The summed E-state index contributed by atoms with van der Waals surface area (Å²) in [4.78, 5) is 23.6. The van der Waals surface area contributed by atoms with Gasteiger partial charge < -0.3 is 14.3 Å². The number of carbonyl (C=O) groups excluding carboxylic acids is 1. The molecule has 5 nitrogen and oxygen atoms in total. The van der Waals surface area contributed by atoms with Crippen molar-refractivity contribution >= 4 is 28.5 Å². The molecule has 3 rings (SSSR count). The first-order valence-electron chi connectivity index (χ1n) is 6.82. The normalized spacial score (nSPS) is 10.8. The van der Waals surface area contributed by atoms with Gasteiger partial charge in [0.2, 0.25) is 0 Å². The number of aromatic hydroxyl groups is 1. The molecular weight excluding hydrogens is 339 g/mol. The summed E-state index contributed by atoms with van der Waals surface area (Å²) in [6, 6.07) is 9.20. The van der Waals surface area contributed by atoms with Crippen LogP contribution >= 0.6 is 11.6 Å². The van der Waals surface area contributed by atoms with Gasteiger partial charge in [-0.1, -0.05) is 17.7 Å². The van der Waals surface area contributed by atoms with Crippen molar-refractivity contribution in [1.29, 1.82) is 0 Å². The van der Waals surface area contributed by atoms with E-state index in [0.717, 1.165) is 12.1 Å². The largest absolute Gasteiger partial charge is 0.508 e. The topological polar surface area (TPSA) is 76.7 Å². The molecule has 0 saturated carbocycles. The number of fused-ring (bicyclic) bond motifs is 1. The van der Waals surface area contributed by atoms with E-state index >= 15 is 0 Å². The SMILES string of the molecule is O=C(OCc1cc(=O)oc2cc(O)ccc12)c1c(F)cccc1Cl. The molecule has 0 unspecified atom stereocenters. The Morgan fingerprint density at radius 2 is 2.04 bits per heavy atom. The summed E-state index contributed by atoms with van der Waals surface area (Å²) in [5.41, 5.74) is -0.522. The molecule has 0 bridgehead atoms. The highest BCUT2D eigenvalue weighted by Gasteiger charge is 2.18. The minimum absolute atomic E-state index is 0.0673. The Labute approximate surface area is 139 Å². The van der Waals surface area contributed by atoms with Gasteiger partial charge in [0.1, 0.15) is 29.3 Å². The summed E-state index contributed by atoms with van der Waals surface area (Å²) in [6.45, 7) is -0.281. The van der Waals surface area contributed by atoms with E-state index in [1.807, 2.05) is 0 Å². The Bertz CT molecular complexity index is 976. The Morgan fingerprint density at radius 3 is 2.79 bits per heavy atom. The van der Waals surface area contributed by atoms with Crippen molar-refractivity contribution in [3.8, 4) is 5.75 Å². The van der Waals surface area contributed by atoms with E-state index in [4.69, 9.17) is 20.8 Å². The number of hydrogen-bond donors (Lipinski definition) is 1. The fraction of sp³-hybridized carbons (Fsp3) is 0.0588.